The van der Waals surface area contributed by atoms with E-state index in [4.69, 9.17) is 14.2 Å². The highest BCUT2D eigenvalue weighted by molar-refractivity contribution is 5.71. The second-order valence-corrected chi connectivity index (χ2v) is 21.6. The van der Waals surface area contributed by atoms with Gasteiger partial charge in [0, 0.05) is 19.3 Å². The maximum Gasteiger partial charge on any atom is 0.306 e. The van der Waals surface area contributed by atoms with Crippen molar-refractivity contribution in [2.45, 2.75) is 341 Å². The molecule has 0 amide bonds. The molecule has 0 heterocycles. The van der Waals surface area contributed by atoms with E-state index in [1.807, 2.05) is 0 Å². The van der Waals surface area contributed by atoms with Crippen LogP contribution in [-0.4, -0.2) is 37.2 Å². The Morgan fingerprint density at radius 2 is 0.527 bits per heavy atom. The maximum absolute atomic E-state index is 12.8. The molecule has 0 saturated carbocycles. The number of allylic oxidation sites excluding steroid dienone is 10. The smallest absolute Gasteiger partial charge is 0.306 e. The van der Waals surface area contributed by atoms with Gasteiger partial charge >= 0.3 is 17.9 Å². The molecule has 0 aliphatic rings. The van der Waals surface area contributed by atoms with E-state index in [1.54, 1.807) is 0 Å². The lowest BCUT2D eigenvalue weighted by atomic mass is 10.0. The zero-order valence-corrected chi connectivity index (χ0v) is 49.4. The molecule has 1 unspecified atom stereocenters. The van der Waals surface area contributed by atoms with E-state index >= 15 is 0 Å². The van der Waals surface area contributed by atoms with E-state index in [-0.39, 0.29) is 31.1 Å². The van der Waals surface area contributed by atoms with Gasteiger partial charge in [0.25, 0.3) is 0 Å². The summed E-state index contributed by atoms with van der Waals surface area (Å²) in [5, 5.41) is 0. The summed E-state index contributed by atoms with van der Waals surface area (Å²) in [5.74, 6) is -0.880. The molecule has 0 aliphatic heterocycles. The molecule has 0 aliphatic carbocycles. The van der Waals surface area contributed by atoms with Crippen LogP contribution in [0.2, 0.25) is 0 Å². The lowest BCUT2D eigenvalue weighted by Crippen LogP contribution is -2.30. The zero-order valence-electron chi connectivity index (χ0n) is 49.4. The third-order valence-electron chi connectivity index (χ3n) is 14.3. The minimum Gasteiger partial charge on any atom is -0.462 e. The molecule has 0 rings (SSSR count). The van der Waals surface area contributed by atoms with Gasteiger partial charge in [-0.3, -0.25) is 14.4 Å². The van der Waals surface area contributed by atoms with Crippen molar-refractivity contribution in [3.8, 4) is 0 Å². The van der Waals surface area contributed by atoms with Crippen molar-refractivity contribution in [1.82, 2.24) is 0 Å². The molecule has 0 bridgehead atoms. The predicted octanol–water partition coefficient (Wildman–Crippen LogP) is 21.9. The van der Waals surface area contributed by atoms with Crippen molar-refractivity contribution in [3.05, 3.63) is 60.8 Å². The summed E-state index contributed by atoms with van der Waals surface area (Å²) in [6.45, 7) is 6.49. The number of rotatable bonds is 59. The van der Waals surface area contributed by atoms with Crippen LogP contribution < -0.4 is 0 Å². The third-order valence-corrected chi connectivity index (χ3v) is 14.3. The van der Waals surface area contributed by atoms with Crippen LogP contribution in [0.3, 0.4) is 0 Å². The number of hydrogen-bond donors (Lipinski definition) is 0. The topological polar surface area (TPSA) is 78.9 Å². The molecule has 0 saturated heterocycles. The van der Waals surface area contributed by atoms with Crippen molar-refractivity contribution in [3.63, 3.8) is 0 Å². The van der Waals surface area contributed by atoms with E-state index in [0.717, 1.165) is 89.9 Å². The molecular formula is C68H122O6. The van der Waals surface area contributed by atoms with Crippen molar-refractivity contribution in [2.24, 2.45) is 0 Å². The van der Waals surface area contributed by atoms with Crippen LogP contribution in [0.25, 0.3) is 0 Å². The van der Waals surface area contributed by atoms with Gasteiger partial charge in [-0.2, -0.15) is 0 Å². The highest BCUT2D eigenvalue weighted by atomic mass is 16.6. The summed E-state index contributed by atoms with van der Waals surface area (Å²) in [6, 6.07) is 0. The van der Waals surface area contributed by atoms with Gasteiger partial charge in [-0.05, 0) is 83.5 Å². The van der Waals surface area contributed by atoms with E-state index in [9.17, 15) is 14.4 Å². The molecule has 0 N–H and O–H groups in total. The van der Waals surface area contributed by atoms with E-state index < -0.39 is 6.10 Å². The summed E-state index contributed by atoms with van der Waals surface area (Å²) < 4.78 is 16.8. The Labute approximate surface area is 460 Å². The monoisotopic (exact) mass is 1030 g/mol. The number of esters is 3. The van der Waals surface area contributed by atoms with Gasteiger partial charge in [0.1, 0.15) is 13.2 Å². The number of hydrogen-bond acceptors (Lipinski definition) is 6. The van der Waals surface area contributed by atoms with Crippen LogP contribution in [0.5, 0.6) is 0 Å². The molecule has 0 radical (unpaired) electrons. The van der Waals surface area contributed by atoms with Gasteiger partial charge in [0.2, 0.25) is 0 Å². The standard InChI is InChI=1S/C68H122O6/c1-4-7-10-13-16-18-20-22-24-26-27-28-29-30-31-32-33-34-35-36-37-38-39-40-41-43-44-46-48-50-52-55-58-61-67(70)73-64-65(63-72-66(69)60-57-54-15-12-9-6-3)74-68(71)62-59-56-53-51-49-47-45-42-25-23-21-19-17-14-11-8-5-2/h8,11,17,19-20,22-23,25-27,65H,4-7,9-10,12-16,18,21,24,28-64H2,1-3H3/b11-8-,19-17-,22-20-,25-23-,27-26-. The first kappa shape index (κ1) is 71.1. The molecular weight excluding hydrogens is 913 g/mol. The molecule has 74 heavy (non-hydrogen) atoms. The van der Waals surface area contributed by atoms with Crippen LogP contribution in [0.4, 0.5) is 0 Å². The fourth-order valence-corrected chi connectivity index (χ4v) is 9.43. The van der Waals surface area contributed by atoms with Crippen molar-refractivity contribution < 1.29 is 28.6 Å². The summed E-state index contributed by atoms with van der Waals surface area (Å²) >= 11 is 0. The normalized spacial score (nSPS) is 12.4. The van der Waals surface area contributed by atoms with E-state index in [1.165, 1.54) is 205 Å². The maximum atomic E-state index is 12.8. The fourth-order valence-electron chi connectivity index (χ4n) is 9.43. The molecule has 0 fully saturated rings. The summed E-state index contributed by atoms with van der Waals surface area (Å²) in [4.78, 5) is 37.9. The predicted molar refractivity (Wildman–Crippen MR) is 321 cm³/mol. The largest absolute Gasteiger partial charge is 0.462 e. The van der Waals surface area contributed by atoms with Crippen LogP contribution in [0.15, 0.2) is 60.8 Å². The molecule has 0 spiro atoms. The number of ether oxygens (including phenoxy) is 3. The Bertz CT molecular complexity index is 1330. The number of carbonyl (C=O) groups is 3. The quantitative estimate of drug-likeness (QED) is 0.0261. The van der Waals surface area contributed by atoms with Crippen LogP contribution >= 0.6 is 0 Å². The van der Waals surface area contributed by atoms with Gasteiger partial charge < -0.3 is 14.2 Å². The van der Waals surface area contributed by atoms with Gasteiger partial charge in [-0.25, -0.2) is 0 Å². The first-order valence-electron chi connectivity index (χ1n) is 32.3. The number of unbranched alkanes of at least 4 members (excludes halogenated alkanes) is 38. The van der Waals surface area contributed by atoms with Crippen molar-refractivity contribution in [1.29, 1.82) is 0 Å². The molecule has 0 aromatic rings. The Kier molecular flexibility index (Phi) is 60.2. The Balaban J connectivity index is 3.95. The fraction of sp³-hybridized carbons (Fsp3) is 0.809. The SMILES string of the molecule is CC/C=C\C/C=C\C/C=C\CCCCCCCCCC(=O)OC(COC(=O)CCCCCCCC)COC(=O)CCCCCCCCCCCCCCCCCCCCCCC/C=C\C/C=C\CCCCCCC. The molecule has 6 heteroatoms. The minimum atomic E-state index is -0.774. The Morgan fingerprint density at radius 1 is 0.284 bits per heavy atom. The minimum absolute atomic E-state index is 0.0748. The second kappa shape index (κ2) is 62.6. The molecule has 0 aromatic carbocycles. The highest BCUT2D eigenvalue weighted by Crippen LogP contribution is 2.17. The lowest BCUT2D eigenvalue weighted by Gasteiger charge is -2.18. The van der Waals surface area contributed by atoms with Crippen molar-refractivity contribution in [2.75, 3.05) is 13.2 Å². The molecule has 430 valence electrons. The third kappa shape index (κ3) is 60.0. The summed E-state index contributed by atoms with van der Waals surface area (Å²) in [6.07, 6.45) is 80.0. The first-order chi connectivity index (χ1) is 36.5. The summed E-state index contributed by atoms with van der Waals surface area (Å²) in [7, 11) is 0. The second-order valence-electron chi connectivity index (χ2n) is 21.6. The Hall–Kier alpha value is -2.89. The molecule has 1 atom stereocenters. The Morgan fingerprint density at radius 3 is 0.824 bits per heavy atom. The van der Waals surface area contributed by atoms with Gasteiger partial charge in [-0.15, -0.1) is 0 Å². The van der Waals surface area contributed by atoms with E-state index in [2.05, 4.69) is 81.5 Å². The highest BCUT2D eigenvalue weighted by Gasteiger charge is 2.19. The summed E-state index contributed by atoms with van der Waals surface area (Å²) in [5.41, 5.74) is 0. The lowest BCUT2D eigenvalue weighted by molar-refractivity contribution is -0.167. The zero-order chi connectivity index (χ0) is 53.6. The molecule has 6 nitrogen and oxygen atoms in total. The average Bonchev–Trinajstić information content (AvgIpc) is 3.40. The van der Waals surface area contributed by atoms with Crippen molar-refractivity contribution >= 4 is 17.9 Å². The van der Waals surface area contributed by atoms with E-state index in [0.29, 0.717) is 19.3 Å². The van der Waals surface area contributed by atoms with Gasteiger partial charge in [0.05, 0.1) is 0 Å². The first-order valence-corrected chi connectivity index (χ1v) is 32.3. The number of carbonyl (C=O) groups excluding carboxylic acids is 3. The van der Waals surface area contributed by atoms with Gasteiger partial charge in [-0.1, -0.05) is 293 Å². The average molecular weight is 1040 g/mol. The molecule has 0 aromatic heterocycles. The van der Waals surface area contributed by atoms with Crippen LogP contribution in [0, 0.1) is 0 Å². The van der Waals surface area contributed by atoms with Crippen LogP contribution in [-0.2, 0) is 28.6 Å². The van der Waals surface area contributed by atoms with Gasteiger partial charge in [0.15, 0.2) is 6.10 Å². The van der Waals surface area contributed by atoms with Crippen LogP contribution in [0.1, 0.15) is 335 Å².